The quantitative estimate of drug-likeness (QED) is 0.849. The summed E-state index contributed by atoms with van der Waals surface area (Å²) in [6.07, 6.45) is 0. The van der Waals surface area contributed by atoms with Crippen LogP contribution in [0.25, 0.3) is 11.3 Å². The Labute approximate surface area is 91.0 Å². The standard InChI is InChI=1S/C11H10FNOS/c1-7-13-11(10(6-14)15-7)8-3-2-4-9(12)5-8/h2-5,14H,6H2,1H3. The van der Waals surface area contributed by atoms with Gasteiger partial charge in [0.25, 0.3) is 0 Å². The van der Waals surface area contributed by atoms with Gasteiger partial charge in [0.2, 0.25) is 0 Å². The second kappa shape index (κ2) is 4.08. The fourth-order valence-corrected chi connectivity index (χ4v) is 2.26. The summed E-state index contributed by atoms with van der Waals surface area (Å²) in [4.78, 5) is 5.06. The van der Waals surface area contributed by atoms with Crippen molar-refractivity contribution in [2.75, 3.05) is 0 Å². The number of nitrogens with zero attached hydrogens (tertiary/aromatic N) is 1. The summed E-state index contributed by atoms with van der Waals surface area (Å²) in [5, 5.41) is 10.0. The number of hydrogen-bond donors (Lipinski definition) is 1. The molecule has 0 spiro atoms. The van der Waals surface area contributed by atoms with E-state index < -0.39 is 0 Å². The first kappa shape index (κ1) is 10.3. The van der Waals surface area contributed by atoms with E-state index in [2.05, 4.69) is 4.98 Å². The molecule has 0 atom stereocenters. The minimum absolute atomic E-state index is 0.0582. The van der Waals surface area contributed by atoms with Crippen molar-refractivity contribution in [1.29, 1.82) is 0 Å². The van der Waals surface area contributed by atoms with E-state index in [-0.39, 0.29) is 12.4 Å². The molecule has 4 heteroatoms. The molecular formula is C11H10FNOS. The normalized spacial score (nSPS) is 10.6. The molecule has 1 aromatic heterocycles. The molecule has 0 aliphatic rings. The summed E-state index contributed by atoms with van der Waals surface area (Å²) < 4.78 is 13.0. The van der Waals surface area contributed by atoms with Crippen molar-refractivity contribution in [2.24, 2.45) is 0 Å². The van der Waals surface area contributed by atoms with Crippen LogP contribution in [0.4, 0.5) is 4.39 Å². The lowest BCUT2D eigenvalue weighted by atomic mass is 10.1. The molecule has 0 aliphatic carbocycles. The van der Waals surface area contributed by atoms with Crippen molar-refractivity contribution >= 4 is 11.3 Å². The molecule has 0 saturated heterocycles. The SMILES string of the molecule is Cc1nc(-c2cccc(F)c2)c(CO)s1. The van der Waals surface area contributed by atoms with Crippen LogP contribution in [0, 0.1) is 12.7 Å². The average Bonchev–Trinajstić information content (AvgIpc) is 2.59. The smallest absolute Gasteiger partial charge is 0.123 e. The largest absolute Gasteiger partial charge is 0.391 e. The van der Waals surface area contributed by atoms with Gasteiger partial charge in [0.05, 0.1) is 22.2 Å². The Kier molecular flexibility index (Phi) is 2.79. The number of thiazole rings is 1. The maximum absolute atomic E-state index is 13.0. The Balaban J connectivity index is 2.53. The number of benzene rings is 1. The van der Waals surface area contributed by atoms with Crippen LogP contribution >= 0.6 is 11.3 Å². The first-order chi connectivity index (χ1) is 7.20. The van der Waals surface area contributed by atoms with Gasteiger partial charge in [-0.15, -0.1) is 11.3 Å². The van der Waals surface area contributed by atoms with Crippen molar-refractivity contribution in [3.8, 4) is 11.3 Å². The molecule has 1 heterocycles. The van der Waals surface area contributed by atoms with E-state index in [1.165, 1.54) is 23.5 Å². The topological polar surface area (TPSA) is 33.1 Å². The number of aliphatic hydroxyl groups excluding tert-OH is 1. The summed E-state index contributed by atoms with van der Waals surface area (Å²) >= 11 is 1.43. The zero-order valence-corrected chi connectivity index (χ0v) is 9.01. The van der Waals surface area contributed by atoms with Crippen LogP contribution in [0.2, 0.25) is 0 Å². The predicted molar refractivity (Wildman–Crippen MR) is 58.2 cm³/mol. The van der Waals surface area contributed by atoms with Gasteiger partial charge in [-0.05, 0) is 19.1 Å². The van der Waals surface area contributed by atoms with Gasteiger partial charge < -0.3 is 5.11 Å². The first-order valence-corrected chi connectivity index (χ1v) is 5.35. The molecule has 2 rings (SSSR count). The van der Waals surface area contributed by atoms with Gasteiger partial charge in [-0.3, -0.25) is 0 Å². The number of aromatic nitrogens is 1. The number of aliphatic hydroxyl groups is 1. The first-order valence-electron chi connectivity index (χ1n) is 4.54. The highest BCUT2D eigenvalue weighted by Crippen LogP contribution is 2.28. The number of rotatable bonds is 2. The van der Waals surface area contributed by atoms with Crippen molar-refractivity contribution < 1.29 is 9.50 Å². The van der Waals surface area contributed by atoms with Crippen LogP contribution in [0.5, 0.6) is 0 Å². The Morgan fingerprint density at radius 3 is 2.93 bits per heavy atom. The minimum atomic E-state index is -0.290. The highest BCUT2D eigenvalue weighted by molar-refractivity contribution is 7.12. The van der Waals surface area contributed by atoms with Gasteiger partial charge in [0, 0.05) is 5.56 Å². The lowest BCUT2D eigenvalue weighted by Gasteiger charge is -1.99. The van der Waals surface area contributed by atoms with E-state index in [1.54, 1.807) is 12.1 Å². The molecule has 0 aliphatic heterocycles. The molecule has 78 valence electrons. The number of halogens is 1. The Bertz CT molecular complexity index is 481. The zero-order chi connectivity index (χ0) is 10.8. The van der Waals surface area contributed by atoms with Crippen molar-refractivity contribution in [2.45, 2.75) is 13.5 Å². The monoisotopic (exact) mass is 223 g/mol. The van der Waals surface area contributed by atoms with E-state index in [0.717, 1.165) is 9.88 Å². The molecule has 1 aromatic carbocycles. The van der Waals surface area contributed by atoms with Crippen LogP contribution in [-0.2, 0) is 6.61 Å². The summed E-state index contributed by atoms with van der Waals surface area (Å²) in [5.41, 5.74) is 1.39. The van der Waals surface area contributed by atoms with Gasteiger partial charge in [-0.25, -0.2) is 9.37 Å². The molecule has 1 N–H and O–H groups in total. The van der Waals surface area contributed by atoms with E-state index in [0.29, 0.717) is 11.3 Å². The lowest BCUT2D eigenvalue weighted by molar-refractivity contribution is 0.286. The minimum Gasteiger partial charge on any atom is -0.391 e. The molecule has 0 saturated carbocycles. The van der Waals surface area contributed by atoms with Crippen LogP contribution in [0.15, 0.2) is 24.3 Å². The van der Waals surface area contributed by atoms with Crippen molar-refractivity contribution in [3.63, 3.8) is 0 Å². The molecule has 0 fully saturated rings. The third-order valence-corrected chi connectivity index (χ3v) is 3.00. The summed E-state index contributed by atoms with van der Waals surface area (Å²) in [5.74, 6) is -0.290. The third-order valence-electron chi connectivity index (χ3n) is 2.05. The Morgan fingerprint density at radius 1 is 1.47 bits per heavy atom. The molecule has 15 heavy (non-hydrogen) atoms. The fraction of sp³-hybridized carbons (Fsp3) is 0.182. The van der Waals surface area contributed by atoms with Gasteiger partial charge in [0.1, 0.15) is 5.82 Å². The molecule has 2 aromatic rings. The fourth-order valence-electron chi connectivity index (χ4n) is 1.44. The summed E-state index contributed by atoms with van der Waals surface area (Å²) in [6, 6.07) is 6.24. The average molecular weight is 223 g/mol. The van der Waals surface area contributed by atoms with Gasteiger partial charge in [-0.1, -0.05) is 12.1 Å². The highest BCUT2D eigenvalue weighted by Gasteiger charge is 2.10. The van der Waals surface area contributed by atoms with E-state index in [9.17, 15) is 4.39 Å². The van der Waals surface area contributed by atoms with E-state index in [4.69, 9.17) is 5.11 Å². The second-order valence-corrected chi connectivity index (χ2v) is 4.46. The molecular weight excluding hydrogens is 213 g/mol. The summed E-state index contributed by atoms with van der Waals surface area (Å²) in [6.45, 7) is 1.81. The second-order valence-electron chi connectivity index (χ2n) is 3.17. The maximum Gasteiger partial charge on any atom is 0.123 e. The van der Waals surface area contributed by atoms with Gasteiger partial charge >= 0.3 is 0 Å². The zero-order valence-electron chi connectivity index (χ0n) is 8.20. The van der Waals surface area contributed by atoms with E-state index >= 15 is 0 Å². The predicted octanol–water partition coefficient (Wildman–Crippen LogP) is 2.75. The van der Waals surface area contributed by atoms with Crippen LogP contribution in [0.3, 0.4) is 0 Å². The summed E-state index contributed by atoms with van der Waals surface area (Å²) in [7, 11) is 0. The molecule has 0 amide bonds. The molecule has 0 bridgehead atoms. The number of hydrogen-bond acceptors (Lipinski definition) is 3. The lowest BCUT2D eigenvalue weighted by Crippen LogP contribution is -1.86. The van der Waals surface area contributed by atoms with Crippen LogP contribution < -0.4 is 0 Å². The van der Waals surface area contributed by atoms with Crippen molar-refractivity contribution in [1.82, 2.24) is 4.98 Å². The van der Waals surface area contributed by atoms with Crippen LogP contribution in [-0.4, -0.2) is 10.1 Å². The Hall–Kier alpha value is -1.26. The molecule has 2 nitrogen and oxygen atoms in total. The highest BCUT2D eigenvalue weighted by atomic mass is 32.1. The maximum atomic E-state index is 13.0. The van der Waals surface area contributed by atoms with E-state index in [1.807, 2.05) is 6.92 Å². The van der Waals surface area contributed by atoms with Gasteiger partial charge in [-0.2, -0.15) is 0 Å². The van der Waals surface area contributed by atoms with Crippen molar-refractivity contribution in [3.05, 3.63) is 40.0 Å². The Morgan fingerprint density at radius 2 is 2.27 bits per heavy atom. The molecule has 0 unspecified atom stereocenters. The van der Waals surface area contributed by atoms with Crippen LogP contribution in [0.1, 0.15) is 9.88 Å². The van der Waals surface area contributed by atoms with Gasteiger partial charge in [0.15, 0.2) is 0 Å². The third kappa shape index (κ3) is 2.06. The molecule has 0 radical (unpaired) electrons. The number of aryl methyl sites for hydroxylation is 1.